The van der Waals surface area contributed by atoms with Crippen LogP contribution in [-0.4, -0.2) is 54.0 Å². The molecule has 11 heteroatoms. The number of hydrogen-bond acceptors (Lipinski definition) is 10. The van der Waals surface area contributed by atoms with Gasteiger partial charge in [0.1, 0.15) is 35.9 Å². The molecule has 0 unspecified atom stereocenters. The molecule has 0 bridgehead atoms. The molecule has 11 nitrogen and oxygen atoms in total. The Balaban J connectivity index is 0.000000199. The van der Waals surface area contributed by atoms with Gasteiger partial charge in [-0.2, -0.15) is 0 Å². The highest BCUT2D eigenvalue weighted by Gasteiger charge is 2.11. The van der Waals surface area contributed by atoms with Crippen molar-refractivity contribution in [2.24, 2.45) is 0 Å². The topological polar surface area (TPSA) is 123 Å². The van der Waals surface area contributed by atoms with E-state index >= 15 is 0 Å². The predicted molar refractivity (Wildman–Crippen MR) is 264 cm³/mol. The Hall–Kier alpha value is -7.89. The van der Waals surface area contributed by atoms with Crippen molar-refractivity contribution in [2.75, 3.05) is 48.1 Å². The van der Waals surface area contributed by atoms with Gasteiger partial charge in [0, 0.05) is 30.3 Å². The molecule has 0 aliphatic heterocycles. The van der Waals surface area contributed by atoms with Crippen molar-refractivity contribution < 1.29 is 42.1 Å². The first-order valence-electron chi connectivity index (χ1n) is 22.0. The lowest BCUT2D eigenvalue weighted by Gasteiger charge is -2.12. The van der Waals surface area contributed by atoms with Gasteiger partial charge < -0.3 is 47.9 Å². The van der Waals surface area contributed by atoms with E-state index in [2.05, 4.69) is 47.1 Å². The molecule has 2 N–H and O–H groups in total. The average molecular weight is 901 g/mol. The maximum atomic E-state index is 12.3. The Bertz CT molecular complexity index is 2870. The molecule has 2 heterocycles. The largest absolute Gasteiger partial charge is 0.496 e. The van der Waals surface area contributed by atoms with Gasteiger partial charge in [-0.25, -0.2) is 0 Å². The van der Waals surface area contributed by atoms with Crippen LogP contribution < -0.4 is 39.1 Å². The smallest absolute Gasteiger partial charge is 0.244 e. The van der Waals surface area contributed by atoms with Crippen LogP contribution in [0.2, 0.25) is 0 Å². The first kappa shape index (κ1) is 47.1. The van der Waals surface area contributed by atoms with Crippen LogP contribution in [-0.2, 0) is 30.8 Å². The van der Waals surface area contributed by atoms with Gasteiger partial charge in [0.15, 0.2) is 23.0 Å². The van der Waals surface area contributed by atoms with Gasteiger partial charge in [0.2, 0.25) is 5.91 Å². The first-order chi connectivity index (χ1) is 33.0. The van der Waals surface area contributed by atoms with Crippen LogP contribution in [0.5, 0.6) is 34.5 Å². The summed E-state index contributed by atoms with van der Waals surface area (Å²) in [6.45, 7) is 3.08. The van der Waals surface area contributed by atoms with Gasteiger partial charge in [-0.1, -0.05) is 84.9 Å². The summed E-state index contributed by atoms with van der Waals surface area (Å²) >= 11 is 0. The van der Waals surface area contributed by atoms with Crippen LogP contribution in [0.1, 0.15) is 33.4 Å². The molecule has 2 aromatic heterocycles. The van der Waals surface area contributed by atoms with Crippen LogP contribution in [0.15, 0.2) is 167 Å². The summed E-state index contributed by atoms with van der Waals surface area (Å²) in [5, 5.41) is 8.23. The Morgan fingerprint density at radius 3 is 1.49 bits per heavy atom. The molecular weight excluding hydrogens is 845 g/mol. The van der Waals surface area contributed by atoms with Crippen molar-refractivity contribution in [3.63, 3.8) is 0 Å². The Kier molecular flexibility index (Phi) is 17.2. The molecule has 0 spiro atoms. The molecule has 67 heavy (non-hydrogen) atoms. The van der Waals surface area contributed by atoms with Crippen LogP contribution in [0.4, 0.5) is 0 Å². The van der Waals surface area contributed by atoms with E-state index < -0.39 is 0 Å². The predicted octanol–water partition coefficient (Wildman–Crippen LogP) is 11.3. The third kappa shape index (κ3) is 13.1. The Morgan fingerprint density at radius 2 is 0.985 bits per heavy atom. The van der Waals surface area contributed by atoms with Gasteiger partial charge in [0.05, 0.1) is 51.7 Å². The molecule has 8 aromatic rings. The molecule has 0 radical (unpaired) electrons. The second kappa shape index (κ2) is 24.4. The molecule has 0 atom stereocenters. The zero-order valence-electron chi connectivity index (χ0n) is 38.3. The number of benzene rings is 6. The molecule has 0 fully saturated rings. The summed E-state index contributed by atoms with van der Waals surface area (Å²) in [7, 11) is 6.57. The standard InChI is InChI=1S/C28H27NO5.C28H29NO4/c1-31-24-12-9-22(28-23(24)15-17-33-28)10-13-27(30)29-16-14-20-8-11-25(32-2)26(18-20)34-19-21-6-4-3-5-7-21;1-30-25-13-11-23(28-24(25)15-18-32-28)9-6-16-29-17-14-21-10-12-26(31-2)27(19-21)33-20-22-7-4-3-5-8-22/h3-13,15,17-18H,14,16,19H2,1-2H3,(H,29,30);3-13,15,18-19,29H,14,16-17,20H2,1-2H3/b13-10+;9-6+. The number of ether oxygens (including phenoxy) is 6. The zero-order valence-corrected chi connectivity index (χ0v) is 38.3. The van der Waals surface area contributed by atoms with Crippen LogP contribution in [0.3, 0.4) is 0 Å². The summed E-state index contributed by atoms with van der Waals surface area (Å²) in [6, 6.07) is 43.5. The Morgan fingerprint density at radius 1 is 0.507 bits per heavy atom. The number of furan rings is 2. The first-order valence-corrected chi connectivity index (χ1v) is 22.0. The maximum absolute atomic E-state index is 12.3. The van der Waals surface area contributed by atoms with Gasteiger partial charge in [0.25, 0.3) is 0 Å². The lowest BCUT2D eigenvalue weighted by molar-refractivity contribution is -0.116. The number of carbonyl (C=O) groups is 1. The molecule has 8 rings (SSSR count). The van der Waals surface area contributed by atoms with Gasteiger partial charge in [-0.3, -0.25) is 4.79 Å². The Labute approximate surface area is 391 Å². The number of carbonyl (C=O) groups excluding carboxylic acids is 1. The van der Waals surface area contributed by atoms with Crippen molar-refractivity contribution in [3.05, 3.63) is 192 Å². The fraction of sp³-hybridized carbons (Fsp3) is 0.196. The second-order valence-corrected chi connectivity index (χ2v) is 15.3. The molecule has 6 aromatic carbocycles. The number of hydrogen-bond donors (Lipinski definition) is 2. The van der Waals surface area contributed by atoms with Gasteiger partial charge in [-0.15, -0.1) is 0 Å². The van der Waals surface area contributed by atoms with E-state index in [-0.39, 0.29) is 5.91 Å². The van der Waals surface area contributed by atoms with E-state index in [0.717, 1.165) is 86.7 Å². The van der Waals surface area contributed by atoms with E-state index in [9.17, 15) is 4.79 Å². The highest BCUT2D eigenvalue weighted by molar-refractivity contribution is 5.96. The van der Waals surface area contributed by atoms with E-state index in [4.69, 9.17) is 37.3 Å². The maximum Gasteiger partial charge on any atom is 0.244 e. The summed E-state index contributed by atoms with van der Waals surface area (Å²) in [6.07, 6.45) is 12.3. The van der Waals surface area contributed by atoms with Crippen molar-refractivity contribution in [1.82, 2.24) is 10.6 Å². The number of fused-ring (bicyclic) bond motifs is 2. The molecule has 0 aliphatic rings. The minimum Gasteiger partial charge on any atom is -0.496 e. The number of nitrogens with one attached hydrogen (secondary N) is 2. The van der Waals surface area contributed by atoms with E-state index in [1.165, 1.54) is 11.6 Å². The van der Waals surface area contributed by atoms with E-state index in [1.807, 2.05) is 109 Å². The molecule has 344 valence electrons. The zero-order chi connectivity index (χ0) is 46.6. The van der Waals surface area contributed by atoms with Crippen LogP contribution >= 0.6 is 0 Å². The molecule has 0 aliphatic carbocycles. The summed E-state index contributed by atoms with van der Waals surface area (Å²) in [5.41, 5.74) is 7.82. The van der Waals surface area contributed by atoms with Gasteiger partial charge in [-0.05, 0) is 108 Å². The molecule has 1 amide bonds. The van der Waals surface area contributed by atoms with Crippen molar-refractivity contribution in [2.45, 2.75) is 26.1 Å². The summed E-state index contributed by atoms with van der Waals surface area (Å²) in [4.78, 5) is 12.3. The molecule has 0 saturated heterocycles. The molecular formula is C56H56N2O9. The van der Waals surface area contributed by atoms with E-state index in [0.29, 0.717) is 43.3 Å². The lowest BCUT2D eigenvalue weighted by atomic mass is 10.1. The summed E-state index contributed by atoms with van der Waals surface area (Å²) in [5.74, 6) is 4.24. The fourth-order valence-corrected chi connectivity index (χ4v) is 7.34. The number of amides is 1. The number of methoxy groups -OCH3 is 4. The quantitative estimate of drug-likeness (QED) is 0.0532. The third-order valence-electron chi connectivity index (χ3n) is 10.9. The monoisotopic (exact) mass is 900 g/mol. The number of rotatable bonds is 21. The SMILES string of the molecule is COc1ccc(CCNC(=O)/C=C/c2ccc(OC)c3ccoc23)cc1OCc1ccccc1.COc1ccc(CCNC/C=C/c2ccc(OC)c3ccoc23)cc1OCc1ccccc1. The van der Waals surface area contributed by atoms with Crippen molar-refractivity contribution in [1.29, 1.82) is 0 Å². The highest BCUT2D eigenvalue weighted by atomic mass is 16.5. The summed E-state index contributed by atoms with van der Waals surface area (Å²) < 4.78 is 44.8. The third-order valence-corrected chi connectivity index (χ3v) is 10.9. The average Bonchev–Trinajstić information content (AvgIpc) is 4.09. The normalized spacial score (nSPS) is 11.1. The van der Waals surface area contributed by atoms with Crippen LogP contribution in [0, 0.1) is 0 Å². The van der Waals surface area contributed by atoms with Gasteiger partial charge >= 0.3 is 0 Å². The minimum atomic E-state index is -0.176. The van der Waals surface area contributed by atoms with Crippen LogP contribution in [0.25, 0.3) is 34.1 Å². The minimum absolute atomic E-state index is 0.176. The lowest BCUT2D eigenvalue weighted by Crippen LogP contribution is -2.23. The molecule has 0 saturated carbocycles. The van der Waals surface area contributed by atoms with Crippen molar-refractivity contribution >= 4 is 40.0 Å². The second-order valence-electron chi connectivity index (χ2n) is 15.3. The van der Waals surface area contributed by atoms with Crippen molar-refractivity contribution in [3.8, 4) is 34.5 Å². The van der Waals surface area contributed by atoms with E-state index in [1.54, 1.807) is 47.0 Å². The fourth-order valence-electron chi connectivity index (χ4n) is 7.34. The highest BCUT2D eigenvalue weighted by Crippen LogP contribution is 2.33.